The Morgan fingerprint density at radius 3 is 2.74 bits per heavy atom. The van der Waals surface area contributed by atoms with Crippen molar-refractivity contribution in [2.45, 2.75) is 49.0 Å². The van der Waals surface area contributed by atoms with Crippen LogP contribution in [0.25, 0.3) is 0 Å². The van der Waals surface area contributed by atoms with E-state index in [1.165, 1.54) is 10.6 Å². The number of likely N-dealkylation sites (N-methyl/N-ethyl adjacent to an activating group) is 1. The van der Waals surface area contributed by atoms with Crippen molar-refractivity contribution in [3.05, 3.63) is 21.3 Å². The lowest BCUT2D eigenvalue weighted by molar-refractivity contribution is 0.523. The number of thioether (sulfide) groups is 2. The van der Waals surface area contributed by atoms with Crippen molar-refractivity contribution in [1.29, 1.82) is 0 Å². The van der Waals surface area contributed by atoms with Crippen molar-refractivity contribution in [3.63, 3.8) is 0 Å². The molecular weight excluding hydrogens is 314 g/mol. The van der Waals surface area contributed by atoms with E-state index in [2.05, 4.69) is 55.7 Å². The van der Waals surface area contributed by atoms with E-state index in [0.717, 1.165) is 27.8 Å². The smallest absolute Gasteiger partial charge is 0.0931 e. The minimum Gasteiger partial charge on any atom is -0.313 e. The molecule has 1 aromatic rings. The maximum absolute atomic E-state index is 6.04. The minimum absolute atomic E-state index is 0.562. The highest BCUT2D eigenvalue weighted by molar-refractivity contribution is 8.07. The fraction of sp³-hybridized carbons (Fsp3) is 0.714. The molecule has 0 radical (unpaired) electrons. The van der Waals surface area contributed by atoms with Crippen LogP contribution in [0.5, 0.6) is 0 Å². The highest BCUT2D eigenvalue weighted by atomic mass is 35.5. The van der Waals surface area contributed by atoms with Gasteiger partial charge in [-0.15, -0.1) is 11.3 Å². The molecule has 5 heteroatoms. The fourth-order valence-corrected chi connectivity index (χ4v) is 6.57. The van der Waals surface area contributed by atoms with E-state index in [4.69, 9.17) is 11.6 Å². The summed E-state index contributed by atoms with van der Waals surface area (Å²) in [6, 6.07) is 4.74. The first-order valence-electron chi connectivity index (χ1n) is 6.84. The topological polar surface area (TPSA) is 12.0 Å². The molecule has 0 saturated carbocycles. The summed E-state index contributed by atoms with van der Waals surface area (Å²) in [6.45, 7) is 7.94. The highest BCUT2D eigenvalue weighted by Crippen LogP contribution is 2.38. The Hall–Kier alpha value is 0.650. The van der Waals surface area contributed by atoms with E-state index >= 15 is 0 Å². The summed E-state index contributed by atoms with van der Waals surface area (Å²) in [5.41, 5.74) is 0. The van der Waals surface area contributed by atoms with E-state index in [1.807, 2.05) is 6.07 Å². The molecule has 0 aliphatic carbocycles. The zero-order valence-corrected chi connectivity index (χ0v) is 14.9. The van der Waals surface area contributed by atoms with Crippen LogP contribution in [0.2, 0.25) is 4.34 Å². The number of halogens is 1. The van der Waals surface area contributed by atoms with Crippen LogP contribution in [0.1, 0.15) is 25.6 Å². The molecule has 1 saturated heterocycles. The van der Waals surface area contributed by atoms with Gasteiger partial charge in [-0.05, 0) is 25.1 Å². The summed E-state index contributed by atoms with van der Waals surface area (Å²) in [7, 11) is 0. The summed E-state index contributed by atoms with van der Waals surface area (Å²) in [4.78, 5) is 1.40. The molecule has 0 aromatic carbocycles. The molecule has 1 N–H and O–H groups in total. The third kappa shape index (κ3) is 4.57. The van der Waals surface area contributed by atoms with Crippen LogP contribution >= 0.6 is 46.5 Å². The Balaban J connectivity index is 1.99. The van der Waals surface area contributed by atoms with Crippen LogP contribution in [-0.4, -0.2) is 34.1 Å². The van der Waals surface area contributed by atoms with Gasteiger partial charge in [0.15, 0.2) is 0 Å². The van der Waals surface area contributed by atoms with Crippen LogP contribution in [-0.2, 0) is 6.42 Å². The van der Waals surface area contributed by atoms with Crippen LogP contribution in [0, 0.1) is 0 Å². The van der Waals surface area contributed by atoms with Crippen molar-refractivity contribution in [2.24, 2.45) is 0 Å². The molecule has 4 atom stereocenters. The van der Waals surface area contributed by atoms with Crippen molar-refractivity contribution < 1.29 is 0 Å². The highest BCUT2D eigenvalue weighted by Gasteiger charge is 2.31. The average molecular weight is 336 g/mol. The normalized spacial score (nSPS) is 29.4. The lowest BCUT2D eigenvalue weighted by Crippen LogP contribution is -2.44. The molecule has 1 aromatic heterocycles. The first-order valence-corrected chi connectivity index (χ1v) is 10.0. The van der Waals surface area contributed by atoms with Gasteiger partial charge in [0, 0.05) is 32.4 Å². The monoisotopic (exact) mass is 335 g/mol. The van der Waals surface area contributed by atoms with E-state index in [9.17, 15) is 0 Å². The Kier molecular flexibility index (Phi) is 6.41. The summed E-state index contributed by atoms with van der Waals surface area (Å²) in [6.07, 6.45) is 1.10. The largest absolute Gasteiger partial charge is 0.313 e. The molecule has 1 nitrogen and oxygen atoms in total. The number of hydrogen-bond acceptors (Lipinski definition) is 4. The van der Waals surface area contributed by atoms with Crippen molar-refractivity contribution in [1.82, 2.24) is 5.32 Å². The Morgan fingerprint density at radius 2 is 2.16 bits per heavy atom. The number of hydrogen-bond donors (Lipinski definition) is 1. The second kappa shape index (κ2) is 7.60. The molecule has 1 fully saturated rings. The van der Waals surface area contributed by atoms with Crippen molar-refractivity contribution >= 4 is 46.5 Å². The number of thiophene rings is 1. The van der Waals surface area contributed by atoms with Gasteiger partial charge >= 0.3 is 0 Å². The SMILES string of the molecule is CCNC(Cc1ccc(Cl)s1)C1CSC(C)C(C)S1. The Bertz CT molecular complexity index is 396. The second-order valence-electron chi connectivity index (χ2n) is 4.99. The number of rotatable bonds is 5. The zero-order chi connectivity index (χ0) is 13.8. The van der Waals surface area contributed by atoms with Gasteiger partial charge in [0.05, 0.1) is 4.34 Å². The molecule has 2 rings (SSSR count). The molecule has 108 valence electrons. The van der Waals surface area contributed by atoms with Gasteiger partial charge in [-0.1, -0.05) is 32.4 Å². The molecule has 0 spiro atoms. The van der Waals surface area contributed by atoms with E-state index < -0.39 is 0 Å². The Labute approximate surface area is 134 Å². The summed E-state index contributed by atoms with van der Waals surface area (Å²) in [5.74, 6) is 1.26. The lowest BCUT2D eigenvalue weighted by Gasteiger charge is -2.36. The van der Waals surface area contributed by atoms with Gasteiger partial charge in [-0.2, -0.15) is 23.5 Å². The summed E-state index contributed by atoms with van der Waals surface area (Å²) < 4.78 is 0.901. The predicted octanol–water partition coefficient (Wildman–Crippen LogP) is 4.55. The minimum atomic E-state index is 0.562. The molecular formula is C14H22ClNS3. The maximum atomic E-state index is 6.04. The van der Waals surface area contributed by atoms with Crippen LogP contribution in [0.3, 0.4) is 0 Å². The Morgan fingerprint density at radius 1 is 1.37 bits per heavy atom. The maximum Gasteiger partial charge on any atom is 0.0931 e. The molecule has 2 heterocycles. The molecule has 4 unspecified atom stereocenters. The fourth-order valence-electron chi connectivity index (χ4n) is 2.29. The molecule has 0 bridgehead atoms. The zero-order valence-electron chi connectivity index (χ0n) is 11.7. The number of nitrogens with one attached hydrogen (secondary N) is 1. The van der Waals surface area contributed by atoms with Crippen molar-refractivity contribution in [3.8, 4) is 0 Å². The van der Waals surface area contributed by atoms with Gasteiger partial charge in [0.1, 0.15) is 0 Å². The summed E-state index contributed by atoms with van der Waals surface area (Å²) >= 11 is 12.0. The third-order valence-electron chi connectivity index (χ3n) is 3.54. The van der Waals surface area contributed by atoms with Gasteiger partial charge in [0.25, 0.3) is 0 Å². The van der Waals surface area contributed by atoms with Gasteiger partial charge in [-0.25, -0.2) is 0 Å². The molecule has 1 aliphatic rings. The van der Waals surface area contributed by atoms with Crippen molar-refractivity contribution in [2.75, 3.05) is 12.3 Å². The van der Waals surface area contributed by atoms with E-state index in [1.54, 1.807) is 11.3 Å². The third-order valence-corrected chi connectivity index (χ3v) is 8.34. The second-order valence-corrected chi connectivity index (χ2v) is 9.82. The first-order chi connectivity index (χ1) is 9.10. The van der Waals surface area contributed by atoms with Crippen LogP contribution in [0.4, 0.5) is 0 Å². The van der Waals surface area contributed by atoms with E-state index in [-0.39, 0.29) is 0 Å². The molecule has 19 heavy (non-hydrogen) atoms. The quantitative estimate of drug-likeness (QED) is 0.848. The van der Waals surface area contributed by atoms with Gasteiger partial charge in [-0.3, -0.25) is 0 Å². The first kappa shape index (κ1) is 16.0. The van der Waals surface area contributed by atoms with Crippen LogP contribution < -0.4 is 5.32 Å². The predicted molar refractivity (Wildman–Crippen MR) is 93.3 cm³/mol. The van der Waals surface area contributed by atoms with Gasteiger partial charge < -0.3 is 5.32 Å². The van der Waals surface area contributed by atoms with Gasteiger partial charge in [0.2, 0.25) is 0 Å². The van der Waals surface area contributed by atoms with E-state index in [0.29, 0.717) is 11.3 Å². The standard InChI is InChI=1S/C14H22ClNS3/c1-4-16-12(7-11-5-6-14(15)19-11)13-8-17-9(2)10(3)18-13/h5-6,9-10,12-13,16H,4,7-8H2,1-3H3. The molecule has 0 amide bonds. The van der Waals surface area contributed by atoms with Crippen LogP contribution in [0.15, 0.2) is 12.1 Å². The average Bonchev–Trinajstić information content (AvgIpc) is 2.78. The summed E-state index contributed by atoms with van der Waals surface area (Å²) in [5, 5.41) is 5.91. The lowest BCUT2D eigenvalue weighted by atomic mass is 10.1. The molecule has 1 aliphatic heterocycles.